The van der Waals surface area contributed by atoms with Crippen molar-refractivity contribution in [1.29, 1.82) is 0 Å². The smallest absolute Gasteiger partial charge is 0.255 e. The van der Waals surface area contributed by atoms with Gasteiger partial charge >= 0.3 is 0 Å². The van der Waals surface area contributed by atoms with E-state index in [0.29, 0.717) is 28.4 Å². The first kappa shape index (κ1) is 14.1. The zero-order chi connectivity index (χ0) is 15.0. The molecule has 0 saturated carbocycles. The third kappa shape index (κ3) is 2.94. The Hall–Kier alpha value is -1.85. The van der Waals surface area contributed by atoms with Gasteiger partial charge in [0, 0.05) is 15.7 Å². The quantitative estimate of drug-likeness (QED) is 0.849. The number of carbonyl (C=O) groups is 2. The van der Waals surface area contributed by atoms with Crippen LogP contribution in [-0.2, 0) is 11.2 Å². The lowest BCUT2D eigenvalue weighted by Gasteiger charge is -2.08. The maximum atomic E-state index is 12.2. The molecule has 0 aliphatic carbocycles. The van der Waals surface area contributed by atoms with E-state index in [-0.39, 0.29) is 11.8 Å². The van der Waals surface area contributed by atoms with Crippen LogP contribution in [0.25, 0.3) is 0 Å². The minimum atomic E-state index is -0.275. The predicted molar refractivity (Wildman–Crippen MR) is 85.9 cm³/mol. The molecule has 1 heterocycles. The van der Waals surface area contributed by atoms with Gasteiger partial charge < -0.3 is 10.6 Å². The molecule has 21 heavy (non-hydrogen) atoms. The van der Waals surface area contributed by atoms with Crippen LogP contribution in [0.15, 0.2) is 40.9 Å². The molecule has 2 amide bonds. The van der Waals surface area contributed by atoms with Crippen molar-refractivity contribution in [3.05, 3.63) is 57.0 Å². The summed E-state index contributed by atoms with van der Waals surface area (Å²) in [6.07, 6.45) is 0.357. The van der Waals surface area contributed by atoms with E-state index >= 15 is 0 Å². The zero-order valence-corrected chi connectivity index (χ0v) is 13.1. The van der Waals surface area contributed by atoms with Gasteiger partial charge in [-0.05, 0) is 35.9 Å². The molecule has 106 valence electrons. The number of fused-ring (bicyclic) bond motifs is 1. The summed E-state index contributed by atoms with van der Waals surface area (Å²) in [5, 5.41) is 5.93. The molecule has 2 N–H and O–H groups in total. The van der Waals surface area contributed by atoms with E-state index in [0.717, 1.165) is 10.0 Å². The largest absolute Gasteiger partial charge is 0.326 e. The fourth-order valence-corrected chi connectivity index (χ4v) is 2.86. The van der Waals surface area contributed by atoms with Crippen LogP contribution in [0.1, 0.15) is 15.9 Å². The van der Waals surface area contributed by atoms with E-state index in [4.69, 9.17) is 11.6 Å². The Labute approximate surface area is 134 Å². The van der Waals surface area contributed by atoms with E-state index in [9.17, 15) is 9.59 Å². The third-order valence-corrected chi connectivity index (χ3v) is 3.98. The molecular formula is C15H10BrClN2O2. The molecule has 0 spiro atoms. The number of nitrogens with one attached hydrogen (secondary N) is 2. The highest BCUT2D eigenvalue weighted by atomic mass is 79.9. The van der Waals surface area contributed by atoms with Gasteiger partial charge in [-0.25, -0.2) is 0 Å². The van der Waals surface area contributed by atoms with Gasteiger partial charge in [0.15, 0.2) is 0 Å². The monoisotopic (exact) mass is 364 g/mol. The van der Waals surface area contributed by atoms with Crippen LogP contribution in [0.2, 0.25) is 5.02 Å². The van der Waals surface area contributed by atoms with Crippen molar-refractivity contribution >= 4 is 50.7 Å². The molecular weight excluding hydrogens is 356 g/mol. The summed E-state index contributed by atoms with van der Waals surface area (Å²) >= 11 is 9.38. The lowest BCUT2D eigenvalue weighted by Crippen LogP contribution is -2.12. The van der Waals surface area contributed by atoms with Crippen LogP contribution >= 0.6 is 27.5 Å². The normalized spacial score (nSPS) is 12.8. The molecule has 0 bridgehead atoms. The van der Waals surface area contributed by atoms with Crippen molar-refractivity contribution in [2.75, 3.05) is 10.6 Å². The van der Waals surface area contributed by atoms with Crippen molar-refractivity contribution in [2.45, 2.75) is 6.42 Å². The lowest BCUT2D eigenvalue weighted by atomic mass is 10.1. The van der Waals surface area contributed by atoms with Crippen LogP contribution in [0.5, 0.6) is 0 Å². The number of hydrogen-bond acceptors (Lipinski definition) is 2. The van der Waals surface area contributed by atoms with Crippen molar-refractivity contribution in [2.24, 2.45) is 0 Å². The summed E-state index contributed by atoms with van der Waals surface area (Å²) in [6, 6.07) is 10.4. The molecule has 0 saturated heterocycles. The van der Waals surface area contributed by atoms with Crippen LogP contribution < -0.4 is 10.6 Å². The van der Waals surface area contributed by atoms with Gasteiger partial charge in [-0.15, -0.1) is 0 Å². The number of halogens is 2. The summed E-state index contributed by atoms with van der Waals surface area (Å²) in [4.78, 5) is 23.6. The summed E-state index contributed by atoms with van der Waals surface area (Å²) in [6.45, 7) is 0. The minimum Gasteiger partial charge on any atom is -0.326 e. The second-order valence-corrected chi connectivity index (χ2v) is 6.00. The summed E-state index contributed by atoms with van der Waals surface area (Å²) in [5.41, 5.74) is 2.59. The first-order valence-corrected chi connectivity index (χ1v) is 7.39. The Morgan fingerprint density at radius 3 is 2.81 bits per heavy atom. The number of anilines is 2. The lowest BCUT2D eigenvalue weighted by molar-refractivity contribution is -0.115. The van der Waals surface area contributed by atoms with Crippen molar-refractivity contribution in [3.63, 3.8) is 0 Å². The van der Waals surface area contributed by atoms with Gasteiger partial charge in [0.1, 0.15) is 0 Å². The molecule has 1 aliphatic rings. The van der Waals surface area contributed by atoms with Crippen LogP contribution in [0, 0.1) is 0 Å². The summed E-state index contributed by atoms with van der Waals surface area (Å²) < 4.78 is 0.839. The number of rotatable bonds is 2. The molecule has 0 unspecified atom stereocenters. The maximum Gasteiger partial charge on any atom is 0.255 e. The van der Waals surface area contributed by atoms with E-state index in [1.165, 1.54) is 0 Å². The number of benzene rings is 2. The first-order chi connectivity index (χ1) is 10.0. The Bertz CT molecular complexity index is 761. The Balaban J connectivity index is 1.83. The molecule has 1 aliphatic heterocycles. The number of carbonyl (C=O) groups excluding carboxylic acids is 2. The molecule has 2 aromatic carbocycles. The topological polar surface area (TPSA) is 58.2 Å². The van der Waals surface area contributed by atoms with Crippen molar-refractivity contribution in [1.82, 2.24) is 0 Å². The van der Waals surface area contributed by atoms with Crippen LogP contribution in [0.4, 0.5) is 11.4 Å². The van der Waals surface area contributed by atoms with Gasteiger partial charge in [-0.3, -0.25) is 9.59 Å². The van der Waals surface area contributed by atoms with Gasteiger partial charge in [-0.2, -0.15) is 0 Å². The fourth-order valence-electron chi connectivity index (χ4n) is 2.14. The Morgan fingerprint density at radius 1 is 1.24 bits per heavy atom. The van der Waals surface area contributed by atoms with Gasteiger partial charge in [0.25, 0.3) is 5.91 Å². The SMILES string of the molecule is O=C1Cc2ccc(C(=O)Nc3ccc(Br)cc3Cl)cc2N1. The molecule has 0 aromatic heterocycles. The van der Waals surface area contributed by atoms with E-state index in [2.05, 4.69) is 26.6 Å². The van der Waals surface area contributed by atoms with Crippen molar-refractivity contribution < 1.29 is 9.59 Å². The molecule has 3 rings (SSSR count). The minimum absolute atomic E-state index is 0.0569. The number of amides is 2. The zero-order valence-electron chi connectivity index (χ0n) is 10.7. The van der Waals surface area contributed by atoms with E-state index < -0.39 is 0 Å². The first-order valence-electron chi connectivity index (χ1n) is 6.22. The highest BCUT2D eigenvalue weighted by Gasteiger charge is 2.19. The second kappa shape index (κ2) is 5.50. The molecule has 0 radical (unpaired) electrons. The number of hydrogen-bond donors (Lipinski definition) is 2. The summed E-state index contributed by atoms with van der Waals surface area (Å²) in [7, 11) is 0. The maximum absolute atomic E-state index is 12.2. The molecule has 0 fully saturated rings. The Morgan fingerprint density at radius 2 is 2.05 bits per heavy atom. The van der Waals surface area contributed by atoms with E-state index in [1.54, 1.807) is 36.4 Å². The molecule has 4 nitrogen and oxygen atoms in total. The van der Waals surface area contributed by atoms with Crippen LogP contribution in [-0.4, -0.2) is 11.8 Å². The predicted octanol–water partition coefficient (Wildman–Crippen LogP) is 3.85. The highest BCUT2D eigenvalue weighted by Crippen LogP contribution is 2.27. The second-order valence-electron chi connectivity index (χ2n) is 4.68. The average molecular weight is 366 g/mol. The van der Waals surface area contributed by atoms with Gasteiger partial charge in [0.05, 0.1) is 17.1 Å². The standard InChI is InChI=1S/C15H10BrClN2O2/c16-10-3-4-12(11(17)7-10)19-15(21)9-2-1-8-6-14(20)18-13(8)5-9/h1-5,7H,6H2,(H,18,20)(H,19,21). The van der Waals surface area contributed by atoms with Crippen LogP contribution in [0.3, 0.4) is 0 Å². The average Bonchev–Trinajstić information content (AvgIpc) is 2.80. The summed E-state index contributed by atoms with van der Waals surface area (Å²) in [5.74, 6) is -0.332. The Kier molecular flexibility index (Phi) is 3.69. The molecule has 2 aromatic rings. The van der Waals surface area contributed by atoms with Gasteiger partial charge in [-0.1, -0.05) is 33.6 Å². The highest BCUT2D eigenvalue weighted by molar-refractivity contribution is 9.10. The fraction of sp³-hybridized carbons (Fsp3) is 0.0667. The third-order valence-electron chi connectivity index (χ3n) is 3.18. The van der Waals surface area contributed by atoms with Crippen molar-refractivity contribution in [3.8, 4) is 0 Å². The van der Waals surface area contributed by atoms with Gasteiger partial charge in [0.2, 0.25) is 5.91 Å². The molecule has 6 heteroatoms. The molecule has 0 atom stereocenters. The van der Waals surface area contributed by atoms with E-state index in [1.807, 2.05) is 0 Å².